The molecule has 0 aliphatic rings. The Morgan fingerprint density at radius 1 is 1.06 bits per heavy atom. The smallest absolute Gasteiger partial charge is 0.407 e. The van der Waals surface area contributed by atoms with Gasteiger partial charge in [-0.15, -0.1) is 0 Å². The molecule has 0 saturated heterocycles. The van der Waals surface area contributed by atoms with Gasteiger partial charge in [0.05, 0.1) is 17.6 Å². The van der Waals surface area contributed by atoms with Crippen LogP contribution in [0.2, 0.25) is 10.0 Å². The molecule has 34 heavy (non-hydrogen) atoms. The van der Waals surface area contributed by atoms with Crippen LogP contribution in [0.3, 0.4) is 0 Å². The van der Waals surface area contributed by atoms with Crippen LogP contribution in [-0.2, 0) is 11.3 Å². The molecule has 0 saturated carbocycles. The number of ether oxygens (including phenoxy) is 1. The molecule has 10 heteroatoms. The lowest BCUT2D eigenvalue weighted by atomic mass is 10.1. The van der Waals surface area contributed by atoms with E-state index < -0.39 is 17.2 Å². The van der Waals surface area contributed by atoms with Crippen LogP contribution < -0.4 is 10.6 Å². The number of amides is 2. The number of rotatable bonds is 6. The summed E-state index contributed by atoms with van der Waals surface area (Å²) in [5.41, 5.74) is 0.557. The van der Waals surface area contributed by atoms with Crippen LogP contribution in [0.15, 0.2) is 40.9 Å². The van der Waals surface area contributed by atoms with Crippen LogP contribution in [0, 0.1) is 0 Å². The van der Waals surface area contributed by atoms with Gasteiger partial charge in [-0.3, -0.25) is 9.48 Å². The van der Waals surface area contributed by atoms with Gasteiger partial charge in [0.2, 0.25) is 0 Å². The molecule has 0 atom stereocenters. The van der Waals surface area contributed by atoms with Crippen molar-refractivity contribution in [3.8, 4) is 0 Å². The third-order valence-corrected chi connectivity index (χ3v) is 5.64. The second-order valence-electron chi connectivity index (χ2n) is 9.64. The van der Waals surface area contributed by atoms with Gasteiger partial charge in [0, 0.05) is 26.4 Å². The number of nitrogens with one attached hydrogen (secondary N) is 2. The fourth-order valence-electron chi connectivity index (χ4n) is 3.33. The lowest BCUT2D eigenvalue weighted by molar-refractivity contribution is 0.0509. The molecule has 0 aliphatic carbocycles. The molecule has 3 aromatic rings. The first-order valence-electron chi connectivity index (χ1n) is 10.6. The molecule has 2 aromatic carbocycles. The van der Waals surface area contributed by atoms with E-state index in [2.05, 4.69) is 31.7 Å². The summed E-state index contributed by atoms with van der Waals surface area (Å²) in [5, 5.41) is 12.0. The zero-order chi connectivity index (χ0) is 25.3. The molecule has 3 rings (SSSR count). The number of hydrogen-bond acceptors (Lipinski definition) is 4. The second kappa shape index (κ2) is 10.1. The summed E-state index contributed by atoms with van der Waals surface area (Å²) in [6.07, 6.45) is -0.547. The van der Waals surface area contributed by atoms with Crippen molar-refractivity contribution in [2.24, 2.45) is 0 Å². The minimum atomic E-state index is -0.750. The monoisotopic (exact) mass is 568 g/mol. The summed E-state index contributed by atoms with van der Waals surface area (Å²) >= 11 is 15.8. The highest BCUT2D eigenvalue weighted by atomic mass is 79.9. The van der Waals surface area contributed by atoms with E-state index in [1.807, 2.05) is 44.2 Å². The molecule has 0 bridgehead atoms. The molecule has 2 N–H and O–H groups in total. The Kier molecular flexibility index (Phi) is 7.85. The summed E-state index contributed by atoms with van der Waals surface area (Å²) in [6.45, 7) is 9.55. The van der Waals surface area contributed by atoms with Gasteiger partial charge in [0.25, 0.3) is 5.91 Å². The fraction of sp³-hybridized carbons (Fsp3) is 0.375. The van der Waals surface area contributed by atoms with Crippen molar-refractivity contribution in [2.75, 3.05) is 6.54 Å². The van der Waals surface area contributed by atoms with Crippen molar-refractivity contribution < 1.29 is 14.3 Å². The normalized spacial score (nSPS) is 12.0. The van der Waals surface area contributed by atoms with E-state index in [4.69, 9.17) is 27.9 Å². The molecule has 1 aromatic heterocycles. The van der Waals surface area contributed by atoms with Gasteiger partial charge in [-0.1, -0.05) is 39.1 Å². The predicted octanol–water partition coefficient (Wildman–Crippen LogP) is 6.19. The van der Waals surface area contributed by atoms with Crippen molar-refractivity contribution in [3.63, 3.8) is 0 Å². The van der Waals surface area contributed by atoms with Crippen LogP contribution in [0.4, 0.5) is 4.79 Å². The minimum absolute atomic E-state index is 0.179. The average Bonchev–Trinajstić information content (AvgIpc) is 3.02. The minimum Gasteiger partial charge on any atom is -0.444 e. The van der Waals surface area contributed by atoms with Crippen molar-refractivity contribution in [1.82, 2.24) is 20.4 Å². The maximum absolute atomic E-state index is 13.2. The number of carbonyl (C=O) groups excluding carboxylic acids is 2. The molecule has 1 heterocycles. The number of alkyl carbamates (subject to hydrolysis) is 1. The van der Waals surface area contributed by atoms with E-state index in [1.54, 1.807) is 31.5 Å². The Morgan fingerprint density at radius 3 is 2.32 bits per heavy atom. The summed E-state index contributed by atoms with van der Waals surface area (Å²) in [7, 11) is 0. The van der Waals surface area contributed by atoms with Crippen LogP contribution >= 0.6 is 39.1 Å². The van der Waals surface area contributed by atoms with Crippen molar-refractivity contribution in [3.05, 3.63) is 62.2 Å². The molecule has 0 radical (unpaired) electrons. The third kappa shape index (κ3) is 7.10. The van der Waals surface area contributed by atoms with Crippen LogP contribution in [0.5, 0.6) is 0 Å². The summed E-state index contributed by atoms with van der Waals surface area (Å²) < 4.78 is 7.87. The first-order valence-corrected chi connectivity index (χ1v) is 12.2. The average molecular weight is 570 g/mol. The van der Waals surface area contributed by atoms with Crippen LogP contribution in [-0.4, -0.2) is 39.5 Å². The molecule has 0 fully saturated rings. The molecule has 2 amide bonds. The highest BCUT2D eigenvalue weighted by Gasteiger charge is 2.26. The number of benzene rings is 2. The molecule has 0 spiro atoms. The number of fused-ring (bicyclic) bond motifs is 1. The van der Waals surface area contributed by atoms with Gasteiger partial charge in [-0.2, -0.15) is 5.10 Å². The molecule has 0 unspecified atom stereocenters. The third-order valence-electron chi connectivity index (χ3n) is 4.71. The molecular weight excluding hydrogens is 543 g/mol. The molecule has 182 valence electrons. The van der Waals surface area contributed by atoms with Gasteiger partial charge in [0.15, 0.2) is 5.69 Å². The molecule has 7 nitrogen and oxygen atoms in total. The standard InChI is InChI=1S/C24H27BrCl2N4O3/c1-23(2,3)34-22(33)28-13-24(4,5)29-21(32)20-18-7-6-15(25)10-19(18)31(30-20)12-14-8-16(26)11-17(27)9-14/h6-11H,12-13H2,1-5H3,(H,28,33)(H,29,32). The topological polar surface area (TPSA) is 85.2 Å². The highest BCUT2D eigenvalue weighted by Crippen LogP contribution is 2.26. The maximum Gasteiger partial charge on any atom is 0.407 e. The lowest BCUT2D eigenvalue weighted by Gasteiger charge is -2.27. The fourth-order valence-corrected chi connectivity index (χ4v) is 4.25. The molecular formula is C24H27BrCl2N4O3. The van der Waals surface area contributed by atoms with Gasteiger partial charge < -0.3 is 15.4 Å². The second-order valence-corrected chi connectivity index (χ2v) is 11.4. The van der Waals surface area contributed by atoms with Crippen LogP contribution in [0.1, 0.15) is 50.7 Å². The first kappa shape index (κ1) is 26.3. The maximum atomic E-state index is 13.2. The van der Waals surface area contributed by atoms with Gasteiger partial charge in [-0.05, 0) is 76.6 Å². The van der Waals surface area contributed by atoms with Crippen LogP contribution in [0.25, 0.3) is 10.9 Å². The number of hydrogen-bond donors (Lipinski definition) is 2. The largest absolute Gasteiger partial charge is 0.444 e. The van der Waals surface area contributed by atoms with Crippen molar-refractivity contribution in [2.45, 2.75) is 52.3 Å². The Hall–Kier alpha value is -2.29. The number of aromatic nitrogens is 2. The Balaban J connectivity index is 1.83. The van der Waals surface area contributed by atoms with Gasteiger partial charge >= 0.3 is 6.09 Å². The van der Waals surface area contributed by atoms with E-state index in [0.717, 1.165) is 15.6 Å². The first-order chi connectivity index (χ1) is 15.7. The number of nitrogens with zero attached hydrogens (tertiary/aromatic N) is 2. The number of halogens is 3. The predicted molar refractivity (Wildman–Crippen MR) is 139 cm³/mol. The zero-order valence-corrected chi connectivity index (χ0v) is 22.7. The zero-order valence-electron chi connectivity index (χ0n) is 19.6. The van der Waals surface area contributed by atoms with E-state index in [1.165, 1.54) is 0 Å². The van der Waals surface area contributed by atoms with E-state index in [9.17, 15) is 9.59 Å². The Labute approximate surface area is 217 Å². The lowest BCUT2D eigenvalue weighted by Crippen LogP contribution is -2.52. The summed E-state index contributed by atoms with van der Waals surface area (Å²) in [6, 6.07) is 10.9. The summed E-state index contributed by atoms with van der Waals surface area (Å²) in [5.74, 6) is -0.355. The molecule has 0 aliphatic heterocycles. The Morgan fingerprint density at radius 2 is 1.71 bits per heavy atom. The number of carbonyl (C=O) groups is 2. The van der Waals surface area contributed by atoms with Gasteiger partial charge in [0.1, 0.15) is 5.60 Å². The highest BCUT2D eigenvalue weighted by molar-refractivity contribution is 9.10. The SMILES string of the molecule is CC(C)(CNC(=O)OC(C)(C)C)NC(=O)c1nn(Cc2cc(Cl)cc(Cl)c2)c2cc(Br)ccc12. The van der Waals surface area contributed by atoms with E-state index >= 15 is 0 Å². The van der Waals surface area contributed by atoms with Gasteiger partial charge in [-0.25, -0.2) is 4.79 Å². The van der Waals surface area contributed by atoms with E-state index in [-0.39, 0.29) is 18.1 Å². The Bertz CT molecular complexity index is 1210. The van der Waals surface area contributed by atoms with Crippen molar-refractivity contribution in [1.29, 1.82) is 0 Å². The van der Waals surface area contributed by atoms with E-state index in [0.29, 0.717) is 22.0 Å². The summed E-state index contributed by atoms with van der Waals surface area (Å²) in [4.78, 5) is 25.2. The van der Waals surface area contributed by atoms with Crippen molar-refractivity contribution >= 4 is 62.0 Å². The quantitative estimate of drug-likeness (QED) is 0.371.